The van der Waals surface area contributed by atoms with Gasteiger partial charge in [-0.25, -0.2) is 0 Å². The van der Waals surface area contributed by atoms with Crippen LogP contribution in [0.4, 0.5) is 13.2 Å². The first-order valence-electron chi connectivity index (χ1n) is 4.26. The van der Waals surface area contributed by atoms with E-state index in [0.717, 1.165) is 0 Å². The number of rotatable bonds is 1. The van der Waals surface area contributed by atoms with E-state index in [1.54, 1.807) is 0 Å². The molecule has 2 rings (SSSR count). The SMILES string of the molecule is N#Cc1c[nH]c2ccc(OC(F)(F)F)cc12. The summed E-state index contributed by atoms with van der Waals surface area (Å²) in [6.45, 7) is 0. The first-order chi connectivity index (χ1) is 7.49. The second kappa shape index (κ2) is 3.45. The predicted octanol–water partition coefficient (Wildman–Crippen LogP) is 2.94. The quantitative estimate of drug-likeness (QED) is 0.812. The fourth-order valence-electron chi connectivity index (χ4n) is 1.39. The molecule has 1 heterocycles. The Bertz CT molecular complexity index is 565. The Kier molecular flexibility index (Phi) is 2.23. The lowest BCUT2D eigenvalue weighted by Crippen LogP contribution is -2.16. The van der Waals surface area contributed by atoms with Crippen LogP contribution in [-0.4, -0.2) is 11.3 Å². The highest BCUT2D eigenvalue weighted by Gasteiger charge is 2.31. The van der Waals surface area contributed by atoms with E-state index in [1.807, 2.05) is 6.07 Å². The highest BCUT2D eigenvalue weighted by atomic mass is 19.4. The maximum Gasteiger partial charge on any atom is 0.573 e. The van der Waals surface area contributed by atoms with E-state index >= 15 is 0 Å². The van der Waals surface area contributed by atoms with Gasteiger partial charge in [-0.05, 0) is 18.2 Å². The molecule has 0 amide bonds. The number of benzene rings is 1. The maximum atomic E-state index is 12.0. The number of H-pyrrole nitrogens is 1. The van der Waals surface area contributed by atoms with Crippen molar-refractivity contribution in [1.29, 1.82) is 5.26 Å². The number of nitrogens with one attached hydrogen (secondary N) is 1. The van der Waals surface area contributed by atoms with Gasteiger partial charge in [-0.15, -0.1) is 13.2 Å². The number of nitrogens with zero attached hydrogens (tertiary/aromatic N) is 1. The first kappa shape index (κ1) is 10.4. The summed E-state index contributed by atoms with van der Waals surface area (Å²) in [6.07, 6.45) is -3.29. The van der Waals surface area contributed by atoms with Crippen molar-refractivity contribution in [1.82, 2.24) is 4.98 Å². The Hall–Kier alpha value is -2.16. The van der Waals surface area contributed by atoms with Gasteiger partial charge in [0.25, 0.3) is 0 Å². The highest BCUT2D eigenvalue weighted by Crippen LogP contribution is 2.27. The van der Waals surface area contributed by atoms with E-state index in [1.165, 1.54) is 24.4 Å². The molecule has 0 saturated heterocycles. The molecule has 0 atom stereocenters. The molecule has 0 radical (unpaired) electrons. The van der Waals surface area contributed by atoms with Crippen LogP contribution in [0, 0.1) is 11.3 Å². The minimum absolute atomic E-state index is 0.280. The van der Waals surface area contributed by atoms with Crippen LogP contribution in [0.3, 0.4) is 0 Å². The summed E-state index contributed by atoms with van der Waals surface area (Å²) in [6, 6.07) is 5.67. The fourth-order valence-corrected chi connectivity index (χ4v) is 1.39. The van der Waals surface area contributed by atoms with Gasteiger partial charge in [0, 0.05) is 17.1 Å². The van der Waals surface area contributed by atoms with Gasteiger partial charge in [0.2, 0.25) is 0 Å². The van der Waals surface area contributed by atoms with Crippen molar-refractivity contribution in [3.63, 3.8) is 0 Å². The molecule has 0 bridgehead atoms. The molecule has 0 aliphatic carbocycles. The third-order valence-corrected chi connectivity index (χ3v) is 2.01. The molecular formula is C10H5F3N2O. The predicted molar refractivity (Wildman–Crippen MR) is 49.7 cm³/mol. The number of fused-ring (bicyclic) bond motifs is 1. The number of aromatic amines is 1. The summed E-state index contributed by atoms with van der Waals surface area (Å²) >= 11 is 0. The Balaban J connectivity index is 2.47. The van der Waals surface area contributed by atoms with Crippen LogP contribution in [0.5, 0.6) is 5.75 Å². The van der Waals surface area contributed by atoms with E-state index in [4.69, 9.17) is 5.26 Å². The van der Waals surface area contributed by atoms with Crippen LogP contribution in [0.15, 0.2) is 24.4 Å². The average molecular weight is 226 g/mol. The second-order valence-corrected chi connectivity index (χ2v) is 3.07. The van der Waals surface area contributed by atoms with E-state index < -0.39 is 6.36 Å². The van der Waals surface area contributed by atoms with Crippen molar-refractivity contribution >= 4 is 10.9 Å². The molecule has 0 aliphatic heterocycles. The average Bonchev–Trinajstić information content (AvgIpc) is 2.57. The summed E-state index contributed by atoms with van der Waals surface area (Å²) in [5.74, 6) is -0.337. The Morgan fingerprint density at radius 3 is 2.69 bits per heavy atom. The normalized spacial score (nSPS) is 11.4. The lowest BCUT2D eigenvalue weighted by Gasteiger charge is -2.08. The van der Waals surface area contributed by atoms with Gasteiger partial charge in [0.1, 0.15) is 11.8 Å². The van der Waals surface area contributed by atoms with E-state index in [0.29, 0.717) is 10.9 Å². The number of alkyl halides is 3. The standard InChI is InChI=1S/C10H5F3N2O/c11-10(12,13)16-7-1-2-9-8(3-7)6(4-14)5-15-9/h1-3,5,15H. The molecule has 1 aromatic heterocycles. The molecule has 3 nitrogen and oxygen atoms in total. The van der Waals surface area contributed by atoms with Gasteiger partial charge >= 0.3 is 6.36 Å². The van der Waals surface area contributed by atoms with Crippen LogP contribution in [0.1, 0.15) is 5.56 Å². The third kappa shape index (κ3) is 1.93. The molecule has 1 aromatic carbocycles. The number of nitriles is 1. The molecular weight excluding hydrogens is 221 g/mol. The van der Waals surface area contributed by atoms with E-state index in [2.05, 4.69) is 9.72 Å². The van der Waals surface area contributed by atoms with Gasteiger partial charge in [-0.1, -0.05) is 0 Å². The maximum absolute atomic E-state index is 12.0. The van der Waals surface area contributed by atoms with Crippen molar-refractivity contribution in [2.75, 3.05) is 0 Å². The van der Waals surface area contributed by atoms with Crippen molar-refractivity contribution in [3.8, 4) is 11.8 Å². The largest absolute Gasteiger partial charge is 0.573 e. The van der Waals surface area contributed by atoms with Crippen LogP contribution >= 0.6 is 0 Å². The zero-order chi connectivity index (χ0) is 11.8. The monoisotopic (exact) mass is 226 g/mol. The van der Waals surface area contributed by atoms with Gasteiger partial charge in [-0.2, -0.15) is 5.26 Å². The first-order valence-corrected chi connectivity index (χ1v) is 4.26. The fraction of sp³-hybridized carbons (Fsp3) is 0.100. The molecule has 0 fully saturated rings. The molecule has 6 heteroatoms. The minimum Gasteiger partial charge on any atom is -0.406 e. The molecule has 0 spiro atoms. The number of halogens is 3. The molecule has 16 heavy (non-hydrogen) atoms. The second-order valence-electron chi connectivity index (χ2n) is 3.07. The molecule has 1 N–H and O–H groups in total. The lowest BCUT2D eigenvalue weighted by molar-refractivity contribution is -0.274. The Labute approximate surface area is 88.1 Å². The molecule has 2 aromatic rings. The zero-order valence-corrected chi connectivity index (χ0v) is 7.80. The van der Waals surface area contributed by atoms with Crippen molar-refractivity contribution in [2.24, 2.45) is 0 Å². The van der Waals surface area contributed by atoms with Crippen molar-refractivity contribution in [3.05, 3.63) is 30.0 Å². The summed E-state index contributed by atoms with van der Waals surface area (Å²) in [4.78, 5) is 2.77. The third-order valence-electron chi connectivity index (χ3n) is 2.01. The van der Waals surface area contributed by atoms with E-state index in [-0.39, 0.29) is 11.3 Å². The number of hydrogen-bond donors (Lipinski definition) is 1. The van der Waals surface area contributed by atoms with Crippen molar-refractivity contribution < 1.29 is 17.9 Å². The molecule has 0 unspecified atom stereocenters. The van der Waals surface area contributed by atoms with E-state index in [9.17, 15) is 13.2 Å². The van der Waals surface area contributed by atoms with Gasteiger partial charge in [0.15, 0.2) is 0 Å². The number of hydrogen-bond acceptors (Lipinski definition) is 2. The van der Waals surface area contributed by atoms with Crippen LogP contribution < -0.4 is 4.74 Å². The molecule has 0 aliphatic rings. The van der Waals surface area contributed by atoms with Crippen LogP contribution in [0.2, 0.25) is 0 Å². The highest BCUT2D eigenvalue weighted by molar-refractivity contribution is 5.86. The van der Waals surface area contributed by atoms with Crippen LogP contribution in [-0.2, 0) is 0 Å². The van der Waals surface area contributed by atoms with Gasteiger partial charge in [0.05, 0.1) is 5.56 Å². The smallest absolute Gasteiger partial charge is 0.406 e. The summed E-state index contributed by atoms with van der Waals surface area (Å²) in [5, 5.41) is 9.12. The molecule has 82 valence electrons. The summed E-state index contributed by atoms with van der Waals surface area (Å²) < 4.78 is 39.6. The molecule has 0 saturated carbocycles. The number of aromatic nitrogens is 1. The topological polar surface area (TPSA) is 48.8 Å². The zero-order valence-electron chi connectivity index (χ0n) is 7.80. The van der Waals surface area contributed by atoms with Gasteiger partial charge < -0.3 is 9.72 Å². The van der Waals surface area contributed by atoms with Crippen molar-refractivity contribution in [2.45, 2.75) is 6.36 Å². The Morgan fingerprint density at radius 2 is 2.06 bits per heavy atom. The lowest BCUT2D eigenvalue weighted by atomic mass is 10.2. The number of ether oxygens (including phenoxy) is 1. The van der Waals surface area contributed by atoms with Gasteiger partial charge in [-0.3, -0.25) is 0 Å². The summed E-state index contributed by atoms with van der Waals surface area (Å²) in [7, 11) is 0. The van der Waals surface area contributed by atoms with Crippen LogP contribution in [0.25, 0.3) is 10.9 Å². The Morgan fingerprint density at radius 1 is 1.31 bits per heavy atom. The minimum atomic E-state index is -4.73. The summed E-state index contributed by atoms with van der Waals surface area (Å²) in [5.41, 5.74) is 0.869.